The predicted molar refractivity (Wildman–Crippen MR) is 72.5 cm³/mol. The number of benzene rings is 1. The Hall–Kier alpha value is -0.540. The molecule has 2 rings (SSSR count). The van der Waals surface area contributed by atoms with Gasteiger partial charge in [0.2, 0.25) is 0 Å². The Kier molecular flexibility index (Phi) is 3.79. The molecule has 0 bridgehead atoms. The van der Waals surface area contributed by atoms with Gasteiger partial charge in [-0.25, -0.2) is 0 Å². The zero-order valence-corrected chi connectivity index (χ0v) is 12.0. The van der Waals surface area contributed by atoms with Gasteiger partial charge in [-0.05, 0) is 52.9 Å². The van der Waals surface area contributed by atoms with Crippen LogP contribution in [-0.2, 0) is 5.41 Å². The van der Waals surface area contributed by atoms with E-state index in [1.165, 1.54) is 6.42 Å². The van der Waals surface area contributed by atoms with Crippen molar-refractivity contribution in [2.75, 3.05) is 6.61 Å². The minimum atomic E-state index is -0.211. The second-order valence-electron chi connectivity index (χ2n) is 5.36. The Labute approximate surface area is 111 Å². The average molecular weight is 299 g/mol. The zero-order chi connectivity index (χ0) is 12.5. The molecule has 1 N–H and O–H groups in total. The van der Waals surface area contributed by atoms with Crippen LogP contribution >= 0.6 is 15.9 Å². The first-order valence-corrected chi connectivity index (χ1v) is 6.90. The summed E-state index contributed by atoms with van der Waals surface area (Å²) in [5.41, 5.74) is 0.908. The van der Waals surface area contributed by atoms with Gasteiger partial charge in [0.15, 0.2) is 0 Å². The summed E-state index contributed by atoms with van der Waals surface area (Å²) in [6.45, 7) is 4.20. The third-order valence-corrected chi connectivity index (χ3v) is 4.07. The molecule has 0 atom stereocenters. The summed E-state index contributed by atoms with van der Waals surface area (Å²) in [6, 6.07) is 6.08. The first-order valence-electron chi connectivity index (χ1n) is 6.10. The van der Waals surface area contributed by atoms with Crippen molar-refractivity contribution >= 4 is 15.9 Å². The Morgan fingerprint density at radius 3 is 2.59 bits per heavy atom. The lowest BCUT2D eigenvalue weighted by atomic mass is 9.86. The van der Waals surface area contributed by atoms with Crippen LogP contribution in [0.4, 0.5) is 0 Å². The predicted octanol–water partition coefficient (Wildman–Crippen LogP) is 3.65. The van der Waals surface area contributed by atoms with Crippen LogP contribution in [0, 0.1) is 0 Å². The second-order valence-corrected chi connectivity index (χ2v) is 6.21. The molecule has 0 aliphatic heterocycles. The number of aliphatic hydroxyl groups excluding tert-OH is 1. The van der Waals surface area contributed by atoms with Crippen LogP contribution in [0.15, 0.2) is 22.7 Å². The van der Waals surface area contributed by atoms with Gasteiger partial charge >= 0.3 is 0 Å². The molecule has 0 amide bonds. The number of hydrogen-bond acceptors (Lipinski definition) is 2. The zero-order valence-electron chi connectivity index (χ0n) is 10.4. The van der Waals surface area contributed by atoms with Gasteiger partial charge in [-0.15, -0.1) is 0 Å². The van der Waals surface area contributed by atoms with E-state index in [1.807, 2.05) is 32.0 Å². The highest BCUT2D eigenvalue weighted by Gasteiger charge is 2.23. The molecular weight excluding hydrogens is 280 g/mol. The van der Waals surface area contributed by atoms with Crippen molar-refractivity contribution in [2.45, 2.75) is 44.6 Å². The van der Waals surface area contributed by atoms with E-state index >= 15 is 0 Å². The fourth-order valence-electron chi connectivity index (χ4n) is 1.78. The summed E-state index contributed by atoms with van der Waals surface area (Å²) in [6.07, 6.45) is 3.99. The highest BCUT2D eigenvalue weighted by Crippen LogP contribution is 2.34. The molecule has 0 spiro atoms. The maximum absolute atomic E-state index is 9.35. The lowest BCUT2D eigenvalue weighted by Crippen LogP contribution is -2.25. The number of ether oxygens (including phenoxy) is 1. The Morgan fingerprint density at radius 2 is 2.12 bits per heavy atom. The second kappa shape index (κ2) is 4.99. The highest BCUT2D eigenvalue weighted by atomic mass is 79.9. The van der Waals surface area contributed by atoms with E-state index in [2.05, 4.69) is 15.9 Å². The van der Waals surface area contributed by atoms with E-state index in [0.29, 0.717) is 6.10 Å². The molecule has 3 heteroatoms. The van der Waals surface area contributed by atoms with E-state index in [0.717, 1.165) is 28.6 Å². The quantitative estimate of drug-likeness (QED) is 0.919. The fourth-order valence-corrected chi connectivity index (χ4v) is 2.25. The van der Waals surface area contributed by atoms with Gasteiger partial charge < -0.3 is 9.84 Å². The largest absolute Gasteiger partial charge is 0.489 e. The van der Waals surface area contributed by atoms with E-state index in [-0.39, 0.29) is 12.0 Å². The number of hydrogen-bond donors (Lipinski definition) is 1. The van der Waals surface area contributed by atoms with E-state index in [9.17, 15) is 5.11 Å². The molecular formula is C14H19BrO2. The van der Waals surface area contributed by atoms with Crippen LogP contribution < -0.4 is 4.74 Å². The van der Waals surface area contributed by atoms with Crippen LogP contribution in [0.5, 0.6) is 5.75 Å². The molecule has 1 fully saturated rings. The number of rotatable bonds is 4. The maximum atomic E-state index is 9.35. The minimum Gasteiger partial charge on any atom is -0.489 e. The van der Waals surface area contributed by atoms with Gasteiger partial charge in [0.25, 0.3) is 0 Å². The lowest BCUT2D eigenvalue weighted by Gasteiger charge is -2.28. The van der Waals surface area contributed by atoms with Crippen LogP contribution in [0.2, 0.25) is 0 Å². The standard InChI is InChI=1S/C14H19BrO2/c1-14(2,9-16)10-6-7-13(12(15)8-10)17-11-4-3-5-11/h6-8,11,16H,3-5,9H2,1-2H3. The third kappa shape index (κ3) is 2.83. The Morgan fingerprint density at radius 1 is 1.41 bits per heavy atom. The number of halogens is 1. The van der Waals surface area contributed by atoms with E-state index < -0.39 is 0 Å². The van der Waals surface area contributed by atoms with Gasteiger partial charge in [-0.1, -0.05) is 19.9 Å². The van der Waals surface area contributed by atoms with Crippen molar-refractivity contribution in [1.29, 1.82) is 0 Å². The Balaban J connectivity index is 2.16. The molecule has 1 aliphatic carbocycles. The van der Waals surface area contributed by atoms with Gasteiger partial charge in [0, 0.05) is 5.41 Å². The van der Waals surface area contributed by atoms with Gasteiger partial charge in [0.1, 0.15) is 5.75 Å². The SMILES string of the molecule is CC(C)(CO)c1ccc(OC2CCC2)c(Br)c1. The Bertz CT molecular complexity index is 397. The smallest absolute Gasteiger partial charge is 0.133 e. The van der Waals surface area contributed by atoms with Gasteiger partial charge in [-0.2, -0.15) is 0 Å². The summed E-state index contributed by atoms with van der Waals surface area (Å²) >= 11 is 3.54. The summed E-state index contributed by atoms with van der Waals surface area (Å²) in [5, 5.41) is 9.35. The summed E-state index contributed by atoms with van der Waals surface area (Å²) in [4.78, 5) is 0. The van der Waals surface area contributed by atoms with Crippen molar-refractivity contribution in [1.82, 2.24) is 0 Å². The molecule has 0 heterocycles. The highest BCUT2D eigenvalue weighted by molar-refractivity contribution is 9.10. The van der Waals surface area contributed by atoms with Crippen LogP contribution in [0.3, 0.4) is 0 Å². The van der Waals surface area contributed by atoms with Crippen molar-refractivity contribution in [3.63, 3.8) is 0 Å². The molecule has 2 nitrogen and oxygen atoms in total. The molecule has 94 valence electrons. The fraction of sp³-hybridized carbons (Fsp3) is 0.571. The molecule has 1 aromatic rings. The molecule has 1 aliphatic rings. The van der Waals surface area contributed by atoms with Crippen LogP contribution in [-0.4, -0.2) is 17.8 Å². The molecule has 1 saturated carbocycles. The van der Waals surface area contributed by atoms with E-state index in [1.54, 1.807) is 0 Å². The van der Waals surface area contributed by atoms with Crippen LogP contribution in [0.1, 0.15) is 38.7 Å². The monoisotopic (exact) mass is 298 g/mol. The summed E-state index contributed by atoms with van der Waals surface area (Å²) in [5.74, 6) is 0.909. The van der Waals surface area contributed by atoms with Crippen molar-refractivity contribution < 1.29 is 9.84 Å². The lowest BCUT2D eigenvalue weighted by molar-refractivity contribution is 0.119. The van der Waals surface area contributed by atoms with Crippen molar-refractivity contribution in [2.24, 2.45) is 0 Å². The van der Waals surface area contributed by atoms with E-state index in [4.69, 9.17) is 4.74 Å². The molecule has 0 aromatic heterocycles. The average Bonchev–Trinajstić information content (AvgIpc) is 2.25. The molecule has 0 unspecified atom stereocenters. The first-order chi connectivity index (χ1) is 8.03. The topological polar surface area (TPSA) is 29.5 Å². The van der Waals surface area contributed by atoms with Gasteiger partial charge in [0.05, 0.1) is 17.2 Å². The first kappa shape index (κ1) is 12.9. The minimum absolute atomic E-state index is 0.141. The van der Waals surface area contributed by atoms with Gasteiger partial charge in [-0.3, -0.25) is 0 Å². The molecule has 0 radical (unpaired) electrons. The van der Waals surface area contributed by atoms with Crippen LogP contribution in [0.25, 0.3) is 0 Å². The van der Waals surface area contributed by atoms with Crippen molar-refractivity contribution in [3.8, 4) is 5.75 Å². The summed E-state index contributed by atoms with van der Waals surface area (Å²) < 4.78 is 6.85. The maximum Gasteiger partial charge on any atom is 0.133 e. The molecule has 17 heavy (non-hydrogen) atoms. The molecule has 1 aromatic carbocycles. The third-order valence-electron chi connectivity index (χ3n) is 3.45. The van der Waals surface area contributed by atoms with Crippen molar-refractivity contribution in [3.05, 3.63) is 28.2 Å². The normalized spacial score (nSPS) is 16.7. The summed E-state index contributed by atoms with van der Waals surface area (Å²) in [7, 11) is 0. The molecule has 0 saturated heterocycles. The number of aliphatic hydroxyl groups is 1.